The van der Waals surface area contributed by atoms with E-state index in [1.165, 1.54) is 5.69 Å². The van der Waals surface area contributed by atoms with E-state index in [-0.39, 0.29) is 5.92 Å². The zero-order valence-electron chi connectivity index (χ0n) is 20.0. The number of carbonyl (C=O) groups is 1. The highest BCUT2D eigenvalue weighted by Crippen LogP contribution is 2.24. The number of carbonyl (C=O) groups excluding carboxylic acids is 1. The van der Waals surface area contributed by atoms with Crippen LogP contribution in [0.25, 0.3) is 11.3 Å². The van der Waals surface area contributed by atoms with E-state index < -0.39 is 6.09 Å². The van der Waals surface area contributed by atoms with E-state index in [2.05, 4.69) is 45.5 Å². The maximum atomic E-state index is 12.0. The van der Waals surface area contributed by atoms with Crippen LogP contribution in [-0.2, 0) is 15.9 Å². The van der Waals surface area contributed by atoms with Gasteiger partial charge in [0.1, 0.15) is 11.9 Å². The minimum absolute atomic E-state index is 0.230. The smallest absolute Gasteiger partial charge is 0.411 e. The molecule has 0 spiro atoms. The number of nitriles is 1. The van der Waals surface area contributed by atoms with Crippen LogP contribution in [0.2, 0.25) is 0 Å². The fraction of sp³-hybridized carbons (Fsp3) is 0.333. The SMILES string of the molecule is CC(C)COC(=O)Nc1ccc(-c2ccnc(Cc3ccc(N4CCOCC4)cc3)n2)cc1C#N. The van der Waals surface area contributed by atoms with Gasteiger partial charge in [-0.05, 0) is 41.8 Å². The lowest BCUT2D eigenvalue weighted by Gasteiger charge is -2.28. The number of benzene rings is 2. The first-order valence-corrected chi connectivity index (χ1v) is 11.7. The van der Waals surface area contributed by atoms with Gasteiger partial charge in [-0.1, -0.05) is 32.0 Å². The Hall–Kier alpha value is -3.96. The summed E-state index contributed by atoms with van der Waals surface area (Å²) in [4.78, 5) is 23.5. The largest absolute Gasteiger partial charge is 0.449 e. The maximum Gasteiger partial charge on any atom is 0.411 e. The summed E-state index contributed by atoms with van der Waals surface area (Å²) < 4.78 is 10.6. The van der Waals surface area contributed by atoms with Gasteiger partial charge < -0.3 is 14.4 Å². The quantitative estimate of drug-likeness (QED) is 0.535. The summed E-state index contributed by atoms with van der Waals surface area (Å²) in [6.45, 7) is 7.56. The summed E-state index contributed by atoms with van der Waals surface area (Å²) in [6.07, 6.45) is 1.75. The molecule has 4 rings (SSSR count). The molecule has 1 aliphatic heterocycles. The van der Waals surface area contributed by atoms with Crippen molar-refractivity contribution in [3.63, 3.8) is 0 Å². The van der Waals surface area contributed by atoms with Crippen molar-refractivity contribution < 1.29 is 14.3 Å². The second kappa shape index (κ2) is 11.4. The van der Waals surface area contributed by atoms with Gasteiger partial charge >= 0.3 is 6.09 Å². The van der Waals surface area contributed by atoms with Gasteiger partial charge in [-0.25, -0.2) is 14.8 Å². The predicted molar refractivity (Wildman–Crippen MR) is 134 cm³/mol. The van der Waals surface area contributed by atoms with Gasteiger partial charge in [0.2, 0.25) is 0 Å². The number of anilines is 2. The molecule has 1 fully saturated rings. The van der Waals surface area contributed by atoms with Crippen molar-refractivity contribution >= 4 is 17.5 Å². The van der Waals surface area contributed by atoms with Gasteiger partial charge in [0.15, 0.2) is 0 Å². The normalized spacial score (nSPS) is 13.4. The van der Waals surface area contributed by atoms with E-state index in [0.717, 1.165) is 37.4 Å². The highest BCUT2D eigenvalue weighted by atomic mass is 16.5. The Morgan fingerprint density at radius 2 is 1.94 bits per heavy atom. The number of nitrogens with zero attached hydrogens (tertiary/aromatic N) is 4. The lowest BCUT2D eigenvalue weighted by atomic mass is 10.1. The Morgan fingerprint density at radius 1 is 1.17 bits per heavy atom. The molecule has 0 radical (unpaired) electrons. The molecule has 0 bridgehead atoms. The molecule has 1 aliphatic rings. The van der Waals surface area contributed by atoms with Gasteiger partial charge in [0.25, 0.3) is 0 Å². The predicted octanol–water partition coefficient (Wildman–Crippen LogP) is 4.65. The molecule has 8 nitrogen and oxygen atoms in total. The van der Waals surface area contributed by atoms with Crippen LogP contribution >= 0.6 is 0 Å². The number of aromatic nitrogens is 2. The molecular formula is C27H29N5O3. The van der Waals surface area contributed by atoms with E-state index in [1.54, 1.807) is 18.3 Å². The fourth-order valence-electron chi connectivity index (χ4n) is 3.77. The van der Waals surface area contributed by atoms with Crippen molar-refractivity contribution in [1.29, 1.82) is 5.26 Å². The Balaban J connectivity index is 1.45. The molecule has 1 saturated heterocycles. The van der Waals surface area contributed by atoms with Crippen LogP contribution in [0.1, 0.15) is 30.8 Å². The number of ether oxygens (including phenoxy) is 2. The Bertz CT molecular complexity index is 1200. The number of hydrogen-bond acceptors (Lipinski definition) is 7. The molecule has 2 heterocycles. The first-order chi connectivity index (χ1) is 17.0. The van der Waals surface area contributed by atoms with E-state index in [0.29, 0.717) is 35.8 Å². The standard InChI is InChI=1S/C27H29N5O3/c1-19(2)18-35-27(33)31-24-8-5-21(16-22(24)17-28)25-9-10-29-26(30-25)15-20-3-6-23(7-4-20)32-11-13-34-14-12-32/h3-10,16,19H,11-15,18H2,1-2H3,(H,31,33). The summed E-state index contributed by atoms with van der Waals surface area (Å²) in [5.41, 5.74) is 4.54. The van der Waals surface area contributed by atoms with Crippen molar-refractivity contribution in [3.8, 4) is 17.3 Å². The summed E-state index contributed by atoms with van der Waals surface area (Å²) in [5, 5.41) is 12.2. The summed E-state index contributed by atoms with van der Waals surface area (Å²) in [6, 6.07) is 17.6. The van der Waals surface area contributed by atoms with Crippen molar-refractivity contribution in [1.82, 2.24) is 9.97 Å². The topological polar surface area (TPSA) is 100 Å². The van der Waals surface area contributed by atoms with Crippen LogP contribution in [-0.4, -0.2) is 49.0 Å². The summed E-state index contributed by atoms with van der Waals surface area (Å²) in [7, 11) is 0. The Morgan fingerprint density at radius 3 is 2.66 bits per heavy atom. The third-order valence-electron chi connectivity index (χ3n) is 5.60. The molecule has 1 amide bonds. The zero-order valence-corrected chi connectivity index (χ0v) is 20.0. The molecule has 8 heteroatoms. The molecule has 2 aromatic carbocycles. The van der Waals surface area contributed by atoms with Crippen LogP contribution in [0, 0.1) is 17.2 Å². The van der Waals surface area contributed by atoms with E-state index in [9.17, 15) is 10.1 Å². The minimum Gasteiger partial charge on any atom is -0.449 e. The van der Waals surface area contributed by atoms with Crippen LogP contribution in [0.15, 0.2) is 54.7 Å². The number of morpholine rings is 1. The van der Waals surface area contributed by atoms with Crippen molar-refractivity contribution in [3.05, 3.63) is 71.7 Å². The molecule has 0 saturated carbocycles. The second-order valence-electron chi connectivity index (χ2n) is 8.79. The highest BCUT2D eigenvalue weighted by Gasteiger charge is 2.13. The number of nitrogens with one attached hydrogen (secondary N) is 1. The molecule has 0 aliphatic carbocycles. The lowest BCUT2D eigenvalue weighted by molar-refractivity contribution is 0.122. The van der Waals surface area contributed by atoms with Gasteiger partial charge in [-0.3, -0.25) is 5.32 Å². The average molecular weight is 472 g/mol. The molecule has 180 valence electrons. The van der Waals surface area contributed by atoms with Gasteiger partial charge in [-0.15, -0.1) is 0 Å². The maximum absolute atomic E-state index is 12.0. The third kappa shape index (κ3) is 6.55. The zero-order chi connectivity index (χ0) is 24.6. The van der Waals surface area contributed by atoms with Crippen molar-refractivity contribution in [2.75, 3.05) is 43.1 Å². The lowest BCUT2D eigenvalue weighted by Crippen LogP contribution is -2.36. The monoisotopic (exact) mass is 471 g/mol. The van der Waals surface area contributed by atoms with Gasteiger partial charge in [0.05, 0.1) is 36.8 Å². The first kappa shape index (κ1) is 24.2. The van der Waals surface area contributed by atoms with Crippen molar-refractivity contribution in [2.45, 2.75) is 20.3 Å². The van der Waals surface area contributed by atoms with E-state index >= 15 is 0 Å². The molecule has 35 heavy (non-hydrogen) atoms. The summed E-state index contributed by atoms with van der Waals surface area (Å²) in [5.74, 6) is 0.924. The molecule has 1 aromatic heterocycles. The van der Waals surface area contributed by atoms with Crippen molar-refractivity contribution in [2.24, 2.45) is 5.92 Å². The molecule has 0 atom stereocenters. The highest BCUT2D eigenvalue weighted by molar-refractivity contribution is 5.87. The molecule has 1 N–H and O–H groups in total. The average Bonchev–Trinajstić information content (AvgIpc) is 2.89. The Kier molecular flexibility index (Phi) is 7.91. The Labute approximate surface area is 205 Å². The summed E-state index contributed by atoms with van der Waals surface area (Å²) >= 11 is 0. The molecule has 3 aromatic rings. The van der Waals surface area contributed by atoms with Gasteiger partial charge in [-0.2, -0.15) is 5.26 Å². The molecule has 0 unspecified atom stereocenters. The third-order valence-corrected chi connectivity index (χ3v) is 5.60. The van der Waals surface area contributed by atoms with Crippen LogP contribution < -0.4 is 10.2 Å². The number of rotatable bonds is 7. The van der Waals surface area contributed by atoms with Gasteiger partial charge in [0, 0.05) is 37.0 Å². The molecular weight excluding hydrogens is 442 g/mol. The second-order valence-corrected chi connectivity index (χ2v) is 8.79. The fourth-order valence-corrected chi connectivity index (χ4v) is 3.77. The van der Waals surface area contributed by atoms with Crippen LogP contribution in [0.3, 0.4) is 0 Å². The number of hydrogen-bond donors (Lipinski definition) is 1. The van der Waals surface area contributed by atoms with E-state index in [4.69, 9.17) is 14.5 Å². The first-order valence-electron chi connectivity index (χ1n) is 11.7. The number of amides is 1. The van der Waals surface area contributed by atoms with E-state index in [1.807, 2.05) is 26.0 Å². The van der Waals surface area contributed by atoms with Crippen LogP contribution in [0.5, 0.6) is 0 Å². The minimum atomic E-state index is -0.577. The van der Waals surface area contributed by atoms with Crippen LogP contribution in [0.4, 0.5) is 16.2 Å².